The zero-order valence-electron chi connectivity index (χ0n) is 37.6. The van der Waals surface area contributed by atoms with Gasteiger partial charge in [0.1, 0.15) is 24.0 Å². The van der Waals surface area contributed by atoms with Crippen LogP contribution in [-0.4, -0.2) is 115 Å². The molecule has 12 nitrogen and oxygen atoms in total. The molecule has 0 aromatic heterocycles. The Bertz CT molecular complexity index is 1460. The molecule has 59 heavy (non-hydrogen) atoms. The lowest BCUT2D eigenvalue weighted by molar-refractivity contribution is -0.302. The van der Waals surface area contributed by atoms with Crippen LogP contribution in [0.2, 0.25) is 0 Å². The van der Waals surface area contributed by atoms with Crippen molar-refractivity contribution in [2.75, 3.05) is 27.9 Å². The fraction of sp³-hybridized carbons (Fsp3) is 0.830. The number of piperidine rings is 1. The molecule has 1 amide bonds. The molecule has 1 aliphatic carbocycles. The van der Waals surface area contributed by atoms with E-state index in [1.807, 2.05) is 13.8 Å². The molecule has 3 heterocycles. The number of carbonyl (C=O) groups is 4. The first-order chi connectivity index (χ1) is 28.1. The van der Waals surface area contributed by atoms with Gasteiger partial charge in [-0.25, -0.2) is 4.79 Å². The summed E-state index contributed by atoms with van der Waals surface area (Å²) in [6, 6.07) is -1.04. The number of aliphatic hydroxyl groups excluding tert-OH is 1. The fourth-order valence-electron chi connectivity index (χ4n) is 10.1. The monoisotopic (exact) mass is 832 g/mol. The Labute approximate surface area is 354 Å². The van der Waals surface area contributed by atoms with Gasteiger partial charge >= 0.3 is 5.97 Å². The zero-order valence-corrected chi connectivity index (χ0v) is 37.6. The third-order valence-electron chi connectivity index (χ3n) is 13.7. The van der Waals surface area contributed by atoms with Gasteiger partial charge in [-0.1, -0.05) is 71.1 Å². The molecule has 4 rings (SSSR count). The number of amides is 1. The van der Waals surface area contributed by atoms with Crippen molar-refractivity contribution in [3.05, 3.63) is 23.3 Å². The van der Waals surface area contributed by atoms with Crippen LogP contribution in [0.15, 0.2) is 23.3 Å². The quantitative estimate of drug-likeness (QED) is 0.101. The Morgan fingerprint density at radius 3 is 2.29 bits per heavy atom. The van der Waals surface area contributed by atoms with Crippen LogP contribution in [0.25, 0.3) is 0 Å². The van der Waals surface area contributed by atoms with Crippen LogP contribution in [0.1, 0.15) is 144 Å². The van der Waals surface area contributed by atoms with Crippen molar-refractivity contribution in [2.45, 2.75) is 193 Å². The molecule has 0 aromatic rings. The zero-order chi connectivity index (χ0) is 43.4. The second-order valence-electron chi connectivity index (χ2n) is 18.5. The maximum Gasteiger partial charge on any atom is 0.329 e. The van der Waals surface area contributed by atoms with E-state index in [0.717, 1.165) is 49.7 Å². The molecule has 0 aromatic carbocycles. The highest BCUT2D eigenvalue weighted by atomic mass is 16.7. The number of ketones is 2. The van der Waals surface area contributed by atoms with Gasteiger partial charge in [0.05, 0.1) is 24.4 Å². The van der Waals surface area contributed by atoms with Crippen molar-refractivity contribution in [3.8, 4) is 0 Å². The summed E-state index contributed by atoms with van der Waals surface area (Å²) in [5.41, 5.74) is 1.94. The molecule has 2 N–H and O–H groups in total. The normalized spacial score (nSPS) is 38.8. The van der Waals surface area contributed by atoms with Crippen molar-refractivity contribution in [3.63, 3.8) is 0 Å². The number of hydrogen-bond acceptors (Lipinski definition) is 11. The number of allylic oxidation sites excluding steroid dienone is 3. The number of ether oxygens (including phenoxy) is 5. The van der Waals surface area contributed by atoms with E-state index in [1.54, 1.807) is 28.3 Å². The number of aliphatic hydroxyl groups is 2. The van der Waals surface area contributed by atoms with Gasteiger partial charge in [0.2, 0.25) is 5.79 Å². The van der Waals surface area contributed by atoms with Gasteiger partial charge in [-0.3, -0.25) is 14.4 Å². The van der Waals surface area contributed by atoms with Gasteiger partial charge in [0, 0.05) is 46.1 Å². The summed E-state index contributed by atoms with van der Waals surface area (Å²) >= 11 is 0. The van der Waals surface area contributed by atoms with Crippen molar-refractivity contribution < 1.29 is 53.1 Å². The minimum absolute atomic E-state index is 0.0893. The fourth-order valence-corrected chi connectivity index (χ4v) is 10.1. The minimum atomic E-state index is -2.47. The maximum atomic E-state index is 14.4. The highest BCUT2D eigenvalue weighted by molar-refractivity contribution is 6.39. The molecule has 13 unspecified atom stereocenters. The van der Waals surface area contributed by atoms with Gasteiger partial charge in [-0.2, -0.15) is 0 Å². The third kappa shape index (κ3) is 12.8. The molecule has 0 radical (unpaired) electrons. The number of cyclic esters (lactones) is 1. The van der Waals surface area contributed by atoms with Gasteiger partial charge in [0.15, 0.2) is 0 Å². The van der Waals surface area contributed by atoms with Gasteiger partial charge in [0.25, 0.3) is 11.7 Å². The average molecular weight is 832 g/mol. The number of esters is 1. The van der Waals surface area contributed by atoms with Crippen LogP contribution in [0.5, 0.6) is 0 Å². The number of unbranched alkanes of at least 4 members (excludes halogenated alkanes) is 3. The first-order valence-electron chi connectivity index (χ1n) is 22.7. The number of rotatable bonds is 10. The van der Waals surface area contributed by atoms with E-state index in [-0.39, 0.29) is 48.5 Å². The van der Waals surface area contributed by atoms with E-state index in [0.29, 0.717) is 57.8 Å². The summed E-state index contributed by atoms with van der Waals surface area (Å²) < 4.78 is 30.1. The standard InChI is InChI=1S/C47H77NO11/c1-10-11-12-13-16-35-24-29(2)23-30(3)25-40(56-8)43-41(57-9)27-33(6)47(54,59-43)44(51)45(52)48-22-15-14-17-36(48)46(53)58-42(31(4)18-20-37(35)49)32(5)26-34-19-21-38(50)39(28-34)55-7/h24,26,30-31,33-36,38-43,50,54H,10-23,25,27-28H2,1-9H3/b29-24+,32-26?. The van der Waals surface area contributed by atoms with Gasteiger partial charge in [-0.05, 0) is 108 Å². The second-order valence-corrected chi connectivity index (χ2v) is 18.5. The van der Waals surface area contributed by atoms with E-state index in [2.05, 4.69) is 32.9 Å². The van der Waals surface area contributed by atoms with Crippen LogP contribution < -0.4 is 0 Å². The Balaban J connectivity index is 1.75. The summed E-state index contributed by atoms with van der Waals surface area (Å²) in [7, 11) is 4.73. The number of Topliss-reactive ketones (excluding diaryl/α,β-unsaturated/α-hetero) is 2. The van der Waals surface area contributed by atoms with E-state index in [4.69, 9.17) is 23.7 Å². The predicted molar refractivity (Wildman–Crippen MR) is 225 cm³/mol. The molecule has 13 atom stereocenters. The first-order valence-corrected chi connectivity index (χ1v) is 22.7. The Morgan fingerprint density at radius 1 is 0.915 bits per heavy atom. The molecule has 336 valence electrons. The van der Waals surface area contributed by atoms with Crippen LogP contribution in [0.4, 0.5) is 0 Å². The van der Waals surface area contributed by atoms with E-state index in [1.165, 1.54) is 4.90 Å². The lowest BCUT2D eigenvalue weighted by Crippen LogP contribution is -2.64. The average Bonchev–Trinajstić information content (AvgIpc) is 3.22. The summed E-state index contributed by atoms with van der Waals surface area (Å²) in [6.45, 7) is 12.1. The molecule has 2 saturated heterocycles. The van der Waals surface area contributed by atoms with Crippen LogP contribution in [0, 0.1) is 29.6 Å². The summed E-state index contributed by atoms with van der Waals surface area (Å²) in [6.07, 6.45) is 11.6. The van der Waals surface area contributed by atoms with Crippen molar-refractivity contribution >= 4 is 23.4 Å². The predicted octanol–water partition coefficient (Wildman–Crippen LogP) is 7.06. The van der Waals surface area contributed by atoms with Crippen molar-refractivity contribution in [1.82, 2.24) is 4.90 Å². The lowest BCUT2D eigenvalue weighted by atomic mass is 9.82. The molecule has 3 fully saturated rings. The third-order valence-corrected chi connectivity index (χ3v) is 13.7. The van der Waals surface area contributed by atoms with Gasteiger partial charge in [-0.15, -0.1) is 0 Å². The van der Waals surface area contributed by atoms with E-state index in [9.17, 15) is 29.4 Å². The first kappa shape index (κ1) is 49.2. The summed E-state index contributed by atoms with van der Waals surface area (Å²) in [5.74, 6) is -6.10. The number of carbonyl (C=O) groups excluding carboxylic acids is 4. The molecule has 2 bridgehead atoms. The number of methoxy groups -OCH3 is 3. The molecule has 0 spiro atoms. The van der Waals surface area contributed by atoms with Crippen molar-refractivity contribution in [1.29, 1.82) is 0 Å². The van der Waals surface area contributed by atoms with Crippen molar-refractivity contribution in [2.24, 2.45) is 29.6 Å². The number of fused-ring (bicyclic) bond motifs is 3. The second kappa shape index (κ2) is 23.1. The van der Waals surface area contributed by atoms with E-state index < -0.39 is 65.9 Å². The molecule has 1 saturated carbocycles. The lowest BCUT2D eigenvalue weighted by Gasteiger charge is -2.47. The topological polar surface area (TPSA) is 158 Å². The number of nitrogens with zero attached hydrogens (tertiary/aromatic N) is 1. The Morgan fingerprint density at radius 2 is 1.61 bits per heavy atom. The van der Waals surface area contributed by atoms with E-state index >= 15 is 0 Å². The molecular formula is C47H77NO11. The Hall–Kier alpha value is -2.48. The molecular weight excluding hydrogens is 755 g/mol. The summed E-state index contributed by atoms with van der Waals surface area (Å²) in [4.78, 5) is 58.3. The molecule has 4 aliphatic rings. The highest BCUT2D eigenvalue weighted by Crippen LogP contribution is 2.39. The van der Waals surface area contributed by atoms with Gasteiger partial charge < -0.3 is 38.8 Å². The van der Waals surface area contributed by atoms with Crippen LogP contribution in [0.3, 0.4) is 0 Å². The minimum Gasteiger partial charge on any atom is -0.456 e. The van der Waals surface area contributed by atoms with Crippen LogP contribution in [-0.2, 0) is 42.9 Å². The molecule has 12 heteroatoms. The largest absolute Gasteiger partial charge is 0.456 e. The smallest absolute Gasteiger partial charge is 0.329 e. The Kier molecular flexibility index (Phi) is 19.3. The SMILES string of the molecule is CCCCCCC1/C=C(\C)CC(C)CC(OC)C2OC(O)(C(=O)C(=O)N3CCCCC3C(=O)OC(C(C)=CC3CCC(O)C(OC)C3)C(C)CCC1=O)C(C)CC2OC. The maximum absolute atomic E-state index is 14.4. The highest BCUT2D eigenvalue weighted by Gasteiger charge is 2.56. The summed E-state index contributed by atoms with van der Waals surface area (Å²) in [5, 5.41) is 22.6. The van der Waals surface area contributed by atoms with Crippen LogP contribution >= 0.6 is 0 Å². The molecule has 3 aliphatic heterocycles. The number of hydrogen-bond donors (Lipinski definition) is 2.